The number of azo groups is 1. The van der Waals surface area contributed by atoms with Crippen LogP contribution in [0.3, 0.4) is 0 Å². The van der Waals surface area contributed by atoms with Crippen LogP contribution in [0, 0.1) is 0 Å². The minimum Gasteiger partial charge on any atom is -0.478 e. The fourth-order valence-corrected chi connectivity index (χ4v) is 0.482. The van der Waals surface area contributed by atoms with Crippen LogP contribution in [0.4, 0.5) is 0 Å². The van der Waals surface area contributed by atoms with Gasteiger partial charge in [0.2, 0.25) is 0 Å². The highest BCUT2D eigenvalue weighted by molar-refractivity contribution is 5.89. The van der Waals surface area contributed by atoms with Gasteiger partial charge in [0.1, 0.15) is 0 Å². The van der Waals surface area contributed by atoms with E-state index in [1.165, 1.54) is 6.20 Å². The van der Waals surface area contributed by atoms with Crippen LogP contribution in [-0.2, 0) is 14.4 Å². The van der Waals surface area contributed by atoms with E-state index >= 15 is 0 Å². The van der Waals surface area contributed by atoms with Gasteiger partial charge < -0.3 is 10.2 Å². The number of aliphatic carboxylic acids is 2. The molecule has 0 aliphatic carbocycles. The maximum absolute atomic E-state index is 10.2. The van der Waals surface area contributed by atoms with E-state index in [9.17, 15) is 14.4 Å². The van der Waals surface area contributed by atoms with E-state index in [-0.39, 0.29) is 5.91 Å². The Morgan fingerprint density at radius 2 is 1.80 bits per heavy atom. The van der Waals surface area contributed by atoms with Gasteiger partial charge in [0.25, 0.3) is 5.91 Å². The quantitative estimate of drug-likeness (QED) is 0.650. The number of carbonyl (C=O) groups excluding carboxylic acids is 1. The first-order chi connectivity index (χ1) is 7.02. The van der Waals surface area contributed by atoms with Crippen LogP contribution in [0.2, 0.25) is 0 Å². The predicted molar refractivity (Wildman–Crippen MR) is 48.0 cm³/mol. The molecule has 0 atom stereocenters. The second-order valence-electron chi connectivity index (χ2n) is 2.21. The molecule has 0 bridgehead atoms. The first-order valence-electron chi connectivity index (χ1n) is 3.75. The van der Waals surface area contributed by atoms with Crippen molar-refractivity contribution in [3.63, 3.8) is 0 Å². The number of amides is 1. The maximum Gasteiger partial charge on any atom is 0.328 e. The van der Waals surface area contributed by atoms with Crippen LogP contribution in [-0.4, -0.2) is 28.1 Å². The van der Waals surface area contributed by atoms with Crippen molar-refractivity contribution in [1.29, 1.82) is 0 Å². The molecule has 1 amide bonds. The first-order valence-corrected chi connectivity index (χ1v) is 3.75. The van der Waals surface area contributed by atoms with Gasteiger partial charge in [-0.1, -0.05) is 6.08 Å². The summed E-state index contributed by atoms with van der Waals surface area (Å²) in [7, 11) is 0. The Kier molecular flexibility index (Phi) is 6.03. The van der Waals surface area contributed by atoms with Crippen LogP contribution in [0.5, 0.6) is 0 Å². The molecule has 1 rings (SSSR count). The van der Waals surface area contributed by atoms with E-state index in [4.69, 9.17) is 10.2 Å². The lowest BCUT2D eigenvalue weighted by Crippen LogP contribution is -1.91. The Bertz CT molecular complexity index is 327. The van der Waals surface area contributed by atoms with Gasteiger partial charge in [-0.05, 0) is 0 Å². The smallest absolute Gasteiger partial charge is 0.328 e. The second-order valence-corrected chi connectivity index (χ2v) is 2.21. The van der Waals surface area contributed by atoms with Gasteiger partial charge in [0, 0.05) is 18.4 Å². The van der Waals surface area contributed by atoms with E-state index in [1.54, 1.807) is 6.08 Å². The van der Waals surface area contributed by atoms with Crippen molar-refractivity contribution in [1.82, 2.24) is 0 Å². The molecule has 0 radical (unpaired) electrons. The zero-order chi connectivity index (χ0) is 11.7. The van der Waals surface area contributed by atoms with Crippen molar-refractivity contribution in [2.24, 2.45) is 10.2 Å². The fraction of sp³-hybridized carbons (Fsp3) is 0.125. The summed E-state index contributed by atoms with van der Waals surface area (Å²) in [4.78, 5) is 29.3. The lowest BCUT2D eigenvalue weighted by molar-refractivity contribution is -0.134. The average Bonchev–Trinajstić information content (AvgIpc) is 2.17. The lowest BCUT2D eigenvalue weighted by atomic mass is 10.4. The fourth-order valence-electron chi connectivity index (χ4n) is 0.482. The number of carboxylic acid groups (broad SMARTS) is 2. The van der Waals surface area contributed by atoms with Crippen LogP contribution in [0.15, 0.2) is 34.7 Å². The summed E-state index contributed by atoms with van der Waals surface area (Å²) in [6, 6.07) is 0. The molecule has 2 N–H and O–H groups in total. The standard InChI is InChI=1S/C4H4N2O.C4H4O4/c7-4-2-1-3-5-6-4;5-3(6)1-2-4(7)8/h1,3H,2H2;1-2H,(H,5,6)(H,7,8)/b;2-1+. The van der Waals surface area contributed by atoms with Crippen LogP contribution >= 0.6 is 0 Å². The molecule has 0 fully saturated rings. The van der Waals surface area contributed by atoms with Crippen LogP contribution in [0.25, 0.3) is 0 Å². The summed E-state index contributed by atoms with van der Waals surface area (Å²) in [6.07, 6.45) is 4.71. The summed E-state index contributed by atoms with van der Waals surface area (Å²) in [5.41, 5.74) is 0. The van der Waals surface area contributed by atoms with Gasteiger partial charge in [0.05, 0.1) is 6.42 Å². The second kappa shape index (κ2) is 7.13. The Hall–Kier alpha value is -2.31. The molecule has 0 aromatic rings. The topological polar surface area (TPSA) is 116 Å². The monoisotopic (exact) mass is 212 g/mol. The zero-order valence-electron chi connectivity index (χ0n) is 7.53. The molecule has 15 heavy (non-hydrogen) atoms. The summed E-state index contributed by atoms with van der Waals surface area (Å²) < 4.78 is 0. The molecule has 1 aliphatic heterocycles. The highest BCUT2D eigenvalue weighted by Gasteiger charge is 1.95. The van der Waals surface area contributed by atoms with E-state index in [0.717, 1.165) is 0 Å². The molecule has 0 aromatic carbocycles. The SMILES string of the molecule is O=C(O)/C=C/C(=O)O.O=C1CC=CN=N1. The number of rotatable bonds is 2. The van der Waals surface area contributed by atoms with Crippen molar-refractivity contribution in [3.8, 4) is 0 Å². The van der Waals surface area contributed by atoms with E-state index in [1.807, 2.05) is 0 Å². The highest BCUT2D eigenvalue weighted by atomic mass is 16.4. The van der Waals surface area contributed by atoms with Gasteiger partial charge in [0.15, 0.2) is 0 Å². The van der Waals surface area contributed by atoms with E-state index < -0.39 is 11.9 Å². The molecular formula is C8H8N2O5. The van der Waals surface area contributed by atoms with Gasteiger partial charge in [-0.3, -0.25) is 4.79 Å². The van der Waals surface area contributed by atoms with Gasteiger partial charge in [-0.2, -0.15) is 5.11 Å². The Morgan fingerprint density at radius 1 is 1.27 bits per heavy atom. The number of nitrogens with zero attached hydrogens (tertiary/aromatic N) is 2. The Labute approximate surface area is 84.4 Å². The average molecular weight is 212 g/mol. The summed E-state index contributed by atoms with van der Waals surface area (Å²) >= 11 is 0. The third kappa shape index (κ3) is 9.61. The van der Waals surface area contributed by atoms with E-state index in [2.05, 4.69) is 10.2 Å². The minimum absolute atomic E-state index is 0.164. The molecular weight excluding hydrogens is 204 g/mol. The van der Waals surface area contributed by atoms with Gasteiger partial charge in [-0.25, -0.2) is 9.59 Å². The van der Waals surface area contributed by atoms with Crippen LogP contribution in [0.1, 0.15) is 6.42 Å². The summed E-state index contributed by atoms with van der Waals surface area (Å²) in [5.74, 6) is -2.68. The summed E-state index contributed by atoms with van der Waals surface area (Å²) in [6.45, 7) is 0. The van der Waals surface area contributed by atoms with Gasteiger partial charge in [-0.15, -0.1) is 5.11 Å². The Balaban J connectivity index is 0.000000262. The zero-order valence-corrected chi connectivity index (χ0v) is 7.53. The molecule has 7 heteroatoms. The highest BCUT2D eigenvalue weighted by Crippen LogP contribution is 1.95. The maximum atomic E-state index is 10.2. The molecule has 80 valence electrons. The van der Waals surface area contributed by atoms with E-state index in [0.29, 0.717) is 18.6 Å². The van der Waals surface area contributed by atoms with Crippen molar-refractivity contribution in [3.05, 3.63) is 24.4 Å². The number of carboxylic acids is 2. The number of hydrogen-bond donors (Lipinski definition) is 2. The first kappa shape index (κ1) is 12.7. The largest absolute Gasteiger partial charge is 0.478 e. The molecule has 0 saturated heterocycles. The third-order valence-electron chi connectivity index (χ3n) is 1.00. The molecule has 0 spiro atoms. The normalized spacial score (nSPS) is 13.5. The minimum atomic E-state index is -1.26. The molecule has 0 unspecified atom stereocenters. The molecule has 0 aromatic heterocycles. The molecule has 1 aliphatic rings. The van der Waals surface area contributed by atoms with Gasteiger partial charge >= 0.3 is 11.9 Å². The number of carbonyl (C=O) groups is 3. The predicted octanol–water partition coefficient (Wildman–Crippen LogP) is 0.594. The molecule has 1 heterocycles. The Morgan fingerprint density at radius 3 is 2.00 bits per heavy atom. The molecule has 7 nitrogen and oxygen atoms in total. The number of hydrogen-bond acceptors (Lipinski definition) is 4. The summed E-state index contributed by atoms with van der Waals surface area (Å²) in [5, 5.41) is 22.2. The van der Waals surface area contributed by atoms with Crippen LogP contribution < -0.4 is 0 Å². The van der Waals surface area contributed by atoms with Crippen molar-refractivity contribution < 1.29 is 24.6 Å². The van der Waals surface area contributed by atoms with Crippen molar-refractivity contribution in [2.45, 2.75) is 6.42 Å². The third-order valence-corrected chi connectivity index (χ3v) is 1.00. The molecule has 0 saturated carbocycles. The lowest BCUT2D eigenvalue weighted by Gasteiger charge is -1.86. The van der Waals surface area contributed by atoms with Crippen molar-refractivity contribution >= 4 is 17.8 Å². The van der Waals surface area contributed by atoms with Crippen molar-refractivity contribution in [2.75, 3.05) is 0 Å².